The molecular formula is C60H72BrN3O28. The first kappa shape index (κ1) is 79.6. The number of hydrogen-bond donors (Lipinski definition) is 2. The molecule has 0 unspecified atom stereocenters. The number of ether oxygens (including phenoxy) is 13. The molecule has 5 rings (SSSR count). The van der Waals surface area contributed by atoms with Gasteiger partial charge in [0.15, 0.2) is 63.8 Å². The molecule has 0 aromatic heterocycles. The van der Waals surface area contributed by atoms with E-state index in [-0.39, 0.29) is 126 Å². The summed E-state index contributed by atoms with van der Waals surface area (Å²) in [6, 6.07) is 17.1. The van der Waals surface area contributed by atoms with Crippen molar-refractivity contribution in [1.82, 2.24) is 0 Å². The molecule has 0 amide bonds. The Bertz CT molecular complexity index is 3140. The number of phenols is 1. The number of hydrogen-bond acceptors (Lipinski definition) is 28. The van der Waals surface area contributed by atoms with Gasteiger partial charge in [0.2, 0.25) is 0 Å². The molecule has 32 heteroatoms. The van der Waals surface area contributed by atoms with Gasteiger partial charge in [-0.15, -0.1) is 0 Å². The predicted octanol–water partition coefficient (Wildman–Crippen LogP) is 9.06. The highest BCUT2D eigenvalue weighted by atomic mass is 79.9. The second kappa shape index (κ2) is 45.0. The number of methoxy groups -OCH3 is 9. The summed E-state index contributed by atoms with van der Waals surface area (Å²) < 4.78 is 64.8. The van der Waals surface area contributed by atoms with Gasteiger partial charge in [-0.25, -0.2) is 0 Å². The van der Waals surface area contributed by atoms with Gasteiger partial charge in [-0.3, -0.25) is 63.9 Å². The number of carbonyl (C=O) groups excluding carboxylic acids is 7. The summed E-state index contributed by atoms with van der Waals surface area (Å²) in [6.45, 7) is 0.474. The number of nitro benzene ring substituents is 3. The summed E-state index contributed by atoms with van der Waals surface area (Å²) in [4.78, 5) is 107. The molecule has 92 heavy (non-hydrogen) atoms. The lowest BCUT2D eigenvalue weighted by atomic mass is 10.1. The average molecular weight is 1360 g/mol. The number of benzene rings is 5. The molecule has 502 valence electrons. The molecule has 5 aromatic carbocycles. The molecular weight excluding hydrogens is 1290 g/mol. The van der Waals surface area contributed by atoms with Gasteiger partial charge in [0.1, 0.15) is 12.6 Å². The van der Waals surface area contributed by atoms with Crippen molar-refractivity contribution in [3.8, 4) is 57.5 Å². The van der Waals surface area contributed by atoms with E-state index in [0.29, 0.717) is 96.3 Å². The lowest BCUT2D eigenvalue weighted by Crippen LogP contribution is -2.06. The van der Waals surface area contributed by atoms with Crippen LogP contribution in [-0.2, 0) is 50.1 Å². The molecule has 5 aromatic rings. The van der Waals surface area contributed by atoms with Crippen molar-refractivity contribution in [3.63, 3.8) is 0 Å². The molecule has 2 N–H and O–H groups in total. The first-order valence-electron chi connectivity index (χ1n) is 27.0. The summed E-state index contributed by atoms with van der Waals surface area (Å²) >= 11 is 3.20. The van der Waals surface area contributed by atoms with E-state index in [9.17, 15) is 63.9 Å². The minimum Gasteiger partial charge on any atom is -0.504 e. The monoisotopic (exact) mass is 1360 g/mol. The van der Waals surface area contributed by atoms with Crippen molar-refractivity contribution >= 4 is 75.7 Å². The van der Waals surface area contributed by atoms with Crippen molar-refractivity contribution in [3.05, 3.63) is 131 Å². The fourth-order valence-electron chi connectivity index (χ4n) is 7.04. The van der Waals surface area contributed by atoms with Gasteiger partial charge in [0, 0.05) is 53.8 Å². The highest BCUT2D eigenvalue weighted by Gasteiger charge is 2.22. The summed E-state index contributed by atoms with van der Waals surface area (Å²) in [7, 11) is 12.4. The normalized spacial score (nSPS) is 9.82. The Labute approximate surface area is 536 Å². The fraction of sp³-hybridized carbons (Fsp3) is 0.383. The Morgan fingerprint density at radius 1 is 0.424 bits per heavy atom. The quantitative estimate of drug-likeness (QED) is 0.00751. The molecule has 0 saturated heterocycles. The lowest BCUT2D eigenvalue weighted by molar-refractivity contribution is -0.386. The van der Waals surface area contributed by atoms with Crippen LogP contribution in [0.15, 0.2) is 72.8 Å². The van der Waals surface area contributed by atoms with Crippen LogP contribution in [0.3, 0.4) is 0 Å². The Hall–Kier alpha value is -10.4. The molecule has 0 heterocycles. The maximum Gasteiger partial charge on any atom is 0.305 e. The molecule has 0 atom stereocenters. The Morgan fingerprint density at radius 2 is 0.750 bits per heavy atom. The summed E-state index contributed by atoms with van der Waals surface area (Å²) in [6.07, 6.45) is 4.52. The van der Waals surface area contributed by atoms with Crippen molar-refractivity contribution in [2.24, 2.45) is 0 Å². The molecule has 0 aliphatic heterocycles. The van der Waals surface area contributed by atoms with Crippen molar-refractivity contribution in [1.29, 1.82) is 0 Å². The van der Waals surface area contributed by atoms with E-state index in [0.717, 1.165) is 12.4 Å². The minimum absolute atomic E-state index is 0.0399. The van der Waals surface area contributed by atoms with E-state index < -0.39 is 21.4 Å². The molecule has 0 spiro atoms. The first-order chi connectivity index (χ1) is 44.1. The van der Waals surface area contributed by atoms with Crippen LogP contribution in [0.1, 0.15) is 93.6 Å². The van der Waals surface area contributed by atoms with E-state index in [2.05, 4.69) is 34.9 Å². The second-order valence-corrected chi connectivity index (χ2v) is 18.3. The first-order valence-corrected chi connectivity index (χ1v) is 28.1. The van der Waals surface area contributed by atoms with Crippen LogP contribution in [0.5, 0.6) is 57.5 Å². The standard InChI is InChI=1S/C13H16BrNO6.C13H17NO7.C13H15NO7.C13H16O5.C8H8O3/c1-19-11-6-9(8-14)10(15(17)18)7-12(11)21-5-3-4-13(16)20-2;2*1-19-11-6-9(8-15)10(14(17)18)7-12(11)21-5-3-4-13(16)20-2;1-16-12-8-10(9-14)5-6-11(12)18-7-3-4-13(15)17-2;1-11-8-4-6(5-9)2-3-7(8)10/h6-7H,3-5,8H2,1-2H3;6-7,15H,3-5,8H2,1-2H3;6-8H,3-5H2,1-2H3;5-6,8-9H,3-4,7H2,1-2H3;2-5,10H,1H3. The van der Waals surface area contributed by atoms with Crippen molar-refractivity contribution in [2.45, 2.75) is 63.3 Å². The Kier molecular flexibility index (Phi) is 38.9. The van der Waals surface area contributed by atoms with E-state index in [1.54, 1.807) is 24.3 Å². The number of halogens is 1. The second-order valence-electron chi connectivity index (χ2n) is 17.7. The van der Waals surface area contributed by atoms with Gasteiger partial charge in [-0.1, -0.05) is 15.9 Å². The Balaban J connectivity index is 0.000000583. The summed E-state index contributed by atoms with van der Waals surface area (Å²) in [5, 5.41) is 51.4. The third kappa shape index (κ3) is 28.4. The van der Waals surface area contributed by atoms with Crippen LogP contribution < -0.4 is 42.6 Å². The third-order valence-electron chi connectivity index (χ3n) is 11.8. The minimum atomic E-state index is -0.676. The van der Waals surface area contributed by atoms with E-state index in [4.69, 9.17) is 52.8 Å². The van der Waals surface area contributed by atoms with E-state index in [1.165, 1.54) is 106 Å². The fourth-order valence-corrected chi connectivity index (χ4v) is 7.49. The van der Waals surface area contributed by atoms with Crippen LogP contribution in [0, 0.1) is 30.3 Å². The average Bonchev–Trinajstić information content (AvgIpc) is 0.893. The number of alkyl halides is 1. The molecule has 0 aliphatic carbocycles. The van der Waals surface area contributed by atoms with Crippen LogP contribution in [0.2, 0.25) is 0 Å². The topological polar surface area (TPSA) is 409 Å². The zero-order chi connectivity index (χ0) is 69.1. The number of aldehydes is 3. The summed E-state index contributed by atoms with van der Waals surface area (Å²) in [5.41, 5.74) is 0.885. The van der Waals surface area contributed by atoms with Gasteiger partial charge in [-0.2, -0.15) is 0 Å². The number of carbonyl (C=O) groups is 7. The molecule has 31 nitrogen and oxygen atoms in total. The van der Waals surface area contributed by atoms with Gasteiger partial charge >= 0.3 is 23.9 Å². The van der Waals surface area contributed by atoms with Gasteiger partial charge in [0.25, 0.3) is 17.1 Å². The SMILES string of the molecule is COC(=O)CCCOc1cc([N+](=O)[O-])c(C=O)cc1OC.COC(=O)CCCOc1cc([N+](=O)[O-])c(CBr)cc1OC.COC(=O)CCCOc1cc([N+](=O)[O-])c(CO)cc1OC.COC(=O)CCCOc1ccc(C=O)cc1OC.COc1cc(C=O)ccc1O. The van der Waals surface area contributed by atoms with Crippen LogP contribution in [0.4, 0.5) is 17.1 Å². The third-order valence-corrected chi connectivity index (χ3v) is 12.4. The number of aliphatic hydroxyl groups excluding tert-OH is 1. The van der Waals surface area contributed by atoms with E-state index >= 15 is 0 Å². The van der Waals surface area contributed by atoms with Gasteiger partial charge in [-0.05, 0) is 74.2 Å². The molecule has 0 saturated carbocycles. The zero-order valence-corrected chi connectivity index (χ0v) is 53.4. The molecule has 0 aliphatic rings. The maximum atomic E-state index is 11.0. The summed E-state index contributed by atoms with van der Waals surface area (Å²) in [5.74, 6) is 1.59. The smallest absolute Gasteiger partial charge is 0.305 e. The van der Waals surface area contributed by atoms with Crippen molar-refractivity contribution in [2.75, 3.05) is 90.4 Å². The van der Waals surface area contributed by atoms with Crippen molar-refractivity contribution < 1.29 is 120 Å². The number of nitro groups is 3. The highest BCUT2D eigenvalue weighted by Crippen LogP contribution is 2.38. The number of esters is 4. The number of nitrogens with zero attached hydrogens (tertiary/aromatic N) is 3. The van der Waals surface area contributed by atoms with Crippen LogP contribution in [0.25, 0.3) is 0 Å². The zero-order valence-electron chi connectivity index (χ0n) is 51.8. The Morgan fingerprint density at radius 3 is 1.09 bits per heavy atom. The molecule has 0 bridgehead atoms. The molecule has 0 radical (unpaired) electrons. The number of rotatable bonds is 33. The van der Waals surface area contributed by atoms with Crippen LogP contribution >= 0.6 is 15.9 Å². The lowest BCUT2D eigenvalue weighted by Gasteiger charge is -2.12. The van der Waals surface area contributed by atoms with Crippen LogP contribution in [-0.4, -0.2) is 158 Å². The van der Waals surface area contributed by atoms with Gasteiger partial charge in [0.05, 0.1) is 141 Å². The number of aromatic hydroxyl groups is 1. The predicted molar refractivity (Wildman–Crippen MR) is 328 cm³/mol. The largest absolute Gasteiger partial charge is 0.504 e. The molecule has 0 fully saturated rings. The maximum absolute atomic E-state index is 11.0. The van der Waals surface area contributed by atoms with Gasteiger partial charge < -0.3 is 71.8 Å². The highest BCUT2D eigenvalue weighted by molar-refractivity contribution is 9.08. The number of phenolic OH excluding ortho intramolecular Hbond substituents is 1. The van der Waals surface area contributed by atoms with E-state index in [1.807, 2.05) is 0 Å². The number of aliphatic hydroxyl groups is 1.